The van der Waals surface area contributed by atoms with E-state index in [0.717, 1.165) is 37.1 Å². The number of alkyl halides is 1. The van der Waals surface area contributed by atoms with E-state index in [-0.39, 0.29) is 29.9 Å². The van der Waals surface area contributed by atoms with Crippen molar-refractivity contribution in [1.82, 2.24) is 10.2 Å². The molecular formula is C31H35FN2O3. The first-order chi connectivity index (χ1) is 18.0. The van der Waals surface area contributed by atoms with Gasteiger partial charge in [0.05, 0.1) is 24.2 Å². The normalized spacial score (nSPS) is 40.4. The number of nitrogens with one attached hydrogen (secondary N) is 1. The molecule has 1 N–H and O–H groups in total. The lowest BCUT2D eigenvalue weighted by Gasteiger charge is -2.57. The zero-order valence-electron chi connectivity index (χ0n) is 21.4. The lowest BCUT2D eigenvalue weighted by molar-refractivity contribution is -0.125. The fourth-order valence-electron chi connectivity index (χ4n) is 9.55. The van der Waals surface area contributed by atoms with Crippen molar-refractivity contribution in [2.24, 2.45) is 17.8 Å². The second-order valence-electron chi connectivity index (χ2n) is 12.5. The first-order valence-corrected chi connectivity index (χ1v) is 14.1. The maximum atomic E-state index is 18.1. The highest BCUT2D eigenvalue weighted by Crippen LogP contribution is 2.77. The first kappa shape index (κ1) is 22.5. The lowest BCUT2D eigenvalue weighted by Crippen LogP contribution is -2.68. The molecule has 2 aromatic carbocycles. The SMILES string of the molecule is COc1ccc2c(c1)C13[C@H]4C5CCC1(O[C@@H]4CN5C(=O)c1ccccc1)C(C2)CC3(F)CNCC1CC1. The minimum absolute atomic E-state index is 0.0252. The monoisotopic (exact) mass is 502 g/mol. The predicted molar refractivity (Wildman–Crippen MR) is 138 cm³/mol. The Labute approximate surface area is 217 Å². The number of amides is 1. The molecule has 0 spiro atoms. The van der Waals surface area contributed by atoms with Crippen LogP contribution in [0.3, 0.4) is 0 Å². The smallest absolute Gasteiger partial charge is 0.254 e. The van der Waals surface area contributed by atoms with Gasteiger partial charge in [0.1, 0.15) is 11.4 Å². The molecule has 5 nitrogen and oxygen atoms in total. The van der Waals surface area contributed by atoms with Gasteiger partial charge in [0.15, 0.2) is 0 Å². The predicted octanol–water partition coefficient (Wildman–Crippen LogP) is 4.29. The molecular weight excluding hydrogens is 467 g/mol. The Morgan fingerprint density at radius 2 is 2.03 bits per heavy atom. The van der Waals surface area contributed by atoms with Gasteiger partial charge >= 0.3 is 0 Å². The summed E-state index contributed by atoms with van der Waals surface area (Å²) in [4.78, 5) is 15.7. The highest BCUT2D eigenvalue weighted by Gasteiger charge is 2.86. The minimum Gasteiger partial charge on any atom is -0.497 e. The molecule has 2 heterocycles. The largest absolute Gasteiger partial charge is 0.497 e. The second kappa shape index (κ2) is 7.57. The molecule has 2 aliphatic heterocycles. The molecule has 4 bridgehead atoms. The van der Waals surface area contributed by atoms with Crippen molar-refractivity contribution >= 4 is 5.91 Å². The number of ether oxygens (including phenoxy) is 2. The maximum absolute atomic E-state index is 18.1. The van der Waals surface area contributed by atoms with Crippen molar-refractivity contribution in [2.75, 3.05) is 26.7 Å². The van der Waals surface area contributed by atoms with Gasteiger partial charge in [0.25, 0.3) is 5.91 Å². The number of halogens is 1. The Bertz CT molecular complexity index is 1270. The van der Waals surface area contributed by atoms with Gasteiger partial charge in [-0.1, -0.05) is 24.3 Å². The summed E-state index contributed by atoms with van der Waals surface area (Å²) < 4.78 is 30.9. The molecule has 5 fully saturated rings. The van der Waals surface area contributed by atoms with Crippen molar-refractivity contribution in [3.63, 3.8) is 0 Å². The number of hydrogen-bond donors (Lipinski definition) is 1. The average Bonchev–Trinajstić information content (AvgIpc) is 3.59. The highest BCUT2D eigenvalue weighted by atomic mass is 19.1. The number of likely N-dealkylation sites (tertiary alicyclic amines) is 1. The van der Waals surface area contributed by atoms with Crippen molar-refractivity contribution < 1.29 is 18.7 Å². The van der Waals surface area contributed by atoms with E-state index in [1.165, 1.54) is 18.4 Å². The van der Waals surface area contributed by atoms with Crippen LogP contribution in [0.2, 0.25) is 0 Å². The van der Waals surface area contributed by atoms with Crippen molar-refractivity contribution in [2.45, 2.75) is 67.4 Å². The minimum atomic E-state index is -1.44. The van der Waals surface area contributed by atoms with Gasteiger partial charge < -0.3 is 19.7 Å². The van der Waals surface area contributed by atoms with Crippen LogP contribution >= 0.6 is 0 Å². The van der Waals surface area contributed by atoms with Crippen LogP contribution in [0.5, 0.6) is 5.75 Å². The van der Waals surface area contributed by atoms with Crippen molar-refractivity contribution in [1.29, 1.82) is 0 Å². The molecule has 37 heavy (non-hydrogen) atoms. The Morgan fingerprint density at radius 1 is 1.19 bits per heavy atom. The fourth-order valence-corrected chi connectivity index (χ4v) is 9.55. The van der Waals surface area contributed by atoms with E-state index in [0.29, 0.717) is 31.0 Å². The maximum Gasteiger partial charge on any atom is 0.254 e. The molecule has 194 valence electrons. The van der Waals surface area contributed by atoms with Crippen LogP contribution in [0.25, 0.3) is 0 Å². The van der Waals surface area contributed by atoms with Gasteiger partial charge in [-0.05, 0) is 92.3 Å². The molecule has 0 radical (unpaired) electrons. The molecule has 6 heteroatoms. The Kier molecular flexibility index (Phi) is 4.61. The van der Waals surface area contributed by atoms with Gasteiger partial charge in [0.2, 0.25) is 0 Å². The summed E-state index contributed by atoms with van der Waals surface area (Å²) >= 11 is 0. The molecule has 2 saturated heterocycles. The van der Waals surface area contributed by atoms with E-state index in [1.807, 2.05) is 41.3 Å². The molecule has 6 aliphatic rings. The number of hydrogen-bond acceptors (Lipinski definition) is 4. The van der Waals surface area contributed by atoms with Gasteiger partial charge in [-0.25, -0.2) is 4.39 Å². The number of fused-ring (bicyclic) bond motifs is 1. The van der Waals surface area contributed by atoms with Crippen molar-refractivity contribution in [3.05, 3.63) is 65.2 Å². The summed E-state index contributed by atoms with van der Waals surface area (Å²) in [5.41, 5.74) is 0.306. The standard InChI is InChI=1S/C31H35FN2O3/c1-36-23-10-9-21-13-22-15-29(32,18-33-16-19-7-8-19)31(24(21)14-23)27-25-11-12-30(22,31)37-26(27)17-34(25)28(35)20-5-3-2-4-6-20/h2-6,9-10,14,19,22,25-27,33H,7-8,11-13,15-18H2,1H3/t22?,25?,26-,27+,29?,30?,31?/m1/s1. The molecule has 4 aliphatic carbocycles. The van der Waals surface area contributed by atoms with Crippen LogP contribution in [-0.2, 0) is 16.6 Å². The summed E-state index contributed by atoms with van der Waals surface area (Å²) in [5, 5.41) is 3.56. The third-order valence-corrected chi connectivity index (χ3v) is 10.9. The molecule has 0 aromatic heterocycles. The number of methoxy groups -OCH3 is 1. The molecule has 5 unspecified atom stereocenters. The van der Waals surface area contributed by atoms with Crippen molar-refractivity contribution in [3.8, 4) is 5.75 Å². The third kappa shape index (κ3) is 2.73. The summed E-state index contributed by atoms with van der Waals surface area (Å²) in [6, 6.07) is 15.8. The molecule has 1 amide bonds. The number of rotatable bonds is 6. The van der Waals surface area contributed by atoms with Crippen LogP contribution in [0, 0.1) is 17.8 Å². The van der Waals surface area contributed by atoms with Crippen LogP contribution in [-0.4, -0.2) is 61.0 Å². The number of carbonyl (C=O) groups is 1. The lowest BCUT2D eigenvalue weighted by atomic mass is 9.48. The highest BCUT2D eigenvalue weighted by molar-refractivity contribution is 5.94. The Balaban J connectivity index is 1.27. The van der Waals surface area contributed by atoms with Gasteiger partial charge in [-0.3, -0.25) is 4.79 Å². The molecule has 8 rings (SSSR count). The Hall–Kier alpha value is -2.44. The van der Waals surface area contributed by atoms with Gasteiger partial charge in [-0.15, -0.1) is 0 Å². The van der Waals surface area contributed by atoms with E-state index < -0.39 is 16.7 Å². The van der Waals surface area contributed by atoms with Crippen LogP contribution in [0.15, 0.2) is 48.5 Å². The second-order valence-corrected chi connectivity index (χ2v) is 12.5. The summed E-state index contributed by atoms with van der Waals surface area (Å²) in [6.07, 6.45) is 5.41. The topological polar surface area (TPSA) is 50.8 Å². The van der Waals surface area contributed by atoms with E-state index >= 15 is 4.39 Å². The zero-order chi connectivity index (χ0) is 25.0. The number of benzene rings is 2. The Morgan fingerprint density at radius 3 is 2.81 bits per heavy atom. The number of carbonyl (C=O) groups excluding carboxylic acids is 1. The average molecular weight is 503 g/mol. The zero-order valence-corrected chi connectivity index (χ0v) is 21.4. The number of nitrogens with zero attached hydrogens (tertiary/aromatic N) is 1. The summed E-state index contributed by atoms with van der Waals surface area (Å²) in [5.74, 6) is 1.61. The van der Waals surface area contributed by atoms with Gasteiger partial charge in [-0.2, -0.15) is 0 Å². The molecule has 2 aromatic rings. The molecule has 7 atom stereocenters. The summed E-state index contributed by atoms with van der Waals surface area (Å²) in [6.45, 7) is 1.79. The summed E-state index contributed by atoms with van der Waals surface area (Å²) in [7, 11) is 1.69. The van der Waals surface area contributed by atoms with E-state index in [1.54, 1.807) is 7.11 Å². The van der Waals surface area contributed by atoms with Crippen LogP contribution in [0.1, 0.15) is 53.6 Å². The fraction of sp³-hybridized carbons (Fsp3) is 0.581. The van der Waals surface area contributed by atoms with E-state index in [2.05, 4.69) is 17.4 Å². The van der Waals surface area contributed by atoms with E-state index in [4.69, 9.17) is 9.47 Å². The van der Waals surface area contributed by atoms with Crippen LogP contribution < -0.4 is 10.1 Å². The van der Waals surface area contributed by atoms with Gasteiger partial charge in [0, 0.05) is 30.6 Å². The third-order valence-electron chi connectivity index (χ3n) is 10.9. The van der Waals surface area contributed by atoms with Crippen LogP contribution in [0.4, 0.5) is 4.39 Å². The van der Waals surface area contributed by atoms with E-state index in [9.17, 15) is 4.79 Å². The molecule has 3 saturated carbocycles. The quantitative estimate of drug-likeness (QED) is 0.641. The first-order valence-electron chi connectivity index (χ1n) is 14.1.